The maximum atomic E-state index is 12.4. The van der Waals surface area contributed by atoms with Crippen molar-refractivity contribution < 1.29 is 18.0 Å². The number of halogens is 4. The number of nitrogens with two attached hydrogens (primary N) is 1. The highest BCUT2D eigenvalue weighted by Crippen LogP contribution is 2.30. The molecule has 23 heavy (non-hydrogen) atoms. The number of benzene rings is 1. The SMILES string of the molecule is Cc1ccc(N)cc1C(=O)NCCc1nc(C(F)(F)F)cs1.Cl. The van der Waals surface area contributed by atoms with E-state index in [4.69, 9.17) is 5.73 Å². The zero-order valence-electron chi connectivity index (χ0n) is 12.1. The molecule has 9 heteroatoms. The fourth-order valence-electron chi connectivity index (χ4n) is 1.82. The van der Waals surface area contributed by atoms with Crippen LogP contribution in [0.5, 0.6) is 0 Å². The van der Waals surface area contributed by atoms with Gasteiger partial charge in [-0.1, -0.05) is 6.07 Å². The zero-order valence-corrected chi connectivity index (χ0v) is 13.7. The van der Waals surface area contributed by atoms with Crippen LogP contribution < -0.4 is 11.1 Å². The summed E-state index contributed by atoms with van der Waals surface area (Å²) < 4.78 is 37.3. The van der Waals surface area contributed by atoms with E-state index in [9.17, 15) is 18.0 Å². The fraction of sp³-hybridized carbons (Fsp3) is 0.286. The van der Waals surface area contributed by atoms with Gasteiger partial charge in [-0.2, -0.15) is 13.2 Å². The number of carbonyl (C=O) groups excluding carboxylic acids is 1. The van der Waals surface area contributed by atoms with Gasteiger partial charge in [0.05, 0.1) is 5.01 Å². The number of hydrogen-bond donors (Lipinski definition) is 2. The Morgan fingerprint density at radius 3 is 2.70 bits per heavy atom. The third kappa shape index (κ3) is 5.11. The molecule has 0 unspecified atom stereocenters. The van der Waals surface area contributed by atoms with Crippen LogP contribution in [0.2, 0.25) is 0 Å². The van der Waals surface area contributed by atoms with Crippen LogP contribution in [-0.2, 0) is 12.6 Å². The van der Waals surface area contributed by atoms with Crippen molar-refractivity contribution in [3.8, 4) is 0 Å². The van der Waals surface area contributed by atoms with Crippen molar-refractivity contribution in [1.82, 2.24) is 10.3 Å². The minimum atomic E-state index is -4.43. The maximum Gasteiger partial charge on any atom is 0.434 e. The lowest BCUT2D eigenvalue weighted by molar-refractivity contribution is -0.140. The normalized spacial score (nSPS) is 11.0. The van der Waals surface area contributed by atoms with Crippen molar-refractivity contribution in [2.24, 2.45) is 0 Å². The average molecular weight is 366 g/mol. The van der Waals surface area contributed by atoms with Crippen molar-refractivity contribution in [3.05, 3.63) is 45.4 Å². The largest absolute Gasteiger partial charge is 0.434 e. The first-order chi connectivity index (χ1) is 10.3. The predicted octanol–water partition coefficient (Wildman–Crippen LogP) is 3.45. The third-order valence-corrected chi connectivity index (χ3v) is 3.88. The molecule has 0 saturated heterocycles. The summed E-state index contributed by atoms with van der Waals surface area (Å²) in [5, 5.41) is 3.96. The second kappa shape index (κ2) is 7.65. The van der Waals surface area contributed by atoms with Gasteiger partial charge in [0.15, 0.2) is 5.69 Å². The summed E-state index contributed by atoms with van der Waals surface area (Å²) >= 11 is 0.927. The predicted molar refractivity (Wildman–Crippen MR) is 86.0 cm³/mol. The van der Waals surface area contributed by atoms with Gasteiger partial charge in [0.2, 0.25) is 0 Å². The summed E-state index contributed by atoms with van der Waals surface area (Å²) in [7, 11) is 0. The molecule has 0 aliphatic carbocycles. The molecule has 0 aliphatic rings. The van der Waals surface area contributed by atoms with Gasteiger partial charge in [-0.15, -0.1) is 23.7 Å². The van der Waals surface area contributed by atoms with Crippen LogP contribution in [0.3, 0.4) is 0 Å². The van der Waals surface area contributed by atoms with Gasteiger partial charge in [0, 0.05) is 29.6 Å². The average Bonchev–Trinajstić information content (AvgIpc) is 2.90. The van der Waals surface area contributed by atoms with Crippen LogP contribution in [0.1, 0.15) is 26.6 Å². The molecule has 126 valence electrons. The first-order valence-electron chi connectivity index (χ1n) is 6.43. The number of nitrogens with one attached hydrogen (secondary N) is 1. The van der Waals surface area contributed by atoms with Gasteiger partial charge >= 0.3 is 6.18 Å². The van der Waals surface area contributed by atoms with E-state index in [0.717, 1.165) is 22.3 Å². The van der Waals surface area contributed by atoms with E-state index in [2.05, 4.69) is 10.3 Å². The Bertz CT molecular complexity index is 688. The molecular weight excluding hydrogens is 351 g/mol. The molecule has 1 amide bonds. The minimum Gasteiger partial charge on any atom is -0.399 e. The number of carbonyl (C=O) groups is 1. The Morgan fingerprint density at radius 2 is 2.09 bits per heavy atom. The molecule has 0 bridgehead atoms. The van der Waals surface area contributed by atoms with Gasteiger partial charge in [-0.3, -0.25) is 4.79 Å². The van der Waals surface area contributed by atoms with Crippen molar-refractivity contribution >= 4 is 35.3 Å². The maximum absolute atomic E-state index is 12.4. The molecule has 4 nitrogen and oxygen atoms in total. The van der Waals surface area contributed by atoms with E-state index >= 15 is 0 Å². The fourth-order valence-corrected chi connectivity index (χ4v) is 2.62. The molecule has 0 fully saturated rings. The standard InChI is InChI=1S/C14H14F3N3OS.ClH/c1-8-2-3-9(18)6-10(8)13(21)19-5-4-12-20-11(7-22-12)14(15,16)17;/h2-3,6-7H,4-5,18H2,1H3,(H,19,21);1H. The summed E-state index contributed by atoms with van der Waals surface area (Å²) in [4.78, 5) is 15.5. The van der Waals surface area contributed by atoms with Crippen molar-refractivity contribution in [2.45, 2.75) is 19.5 Å². The highest BCUT2D eigenvalue weighted by atomic mass is 35.5. The van der Waals surface area contributed by atoms with Gasteiger partial charge < -0.3 is 11.1 Å². The molecule has 1 heterocycles. The number of thiazole rings is 1. The summed E-state index contributed by atoms with van der Waals surface area (Å²) in [5.41, 5.74) is 6.45. The first kappa shape index (κ1) is 19.2. The van der Waals surface area contributed by atoms with Crippen molar-refractivity contribution in [3.63, 3.8) is 0 Å². The lowest BCUT2D eigenvalue weighted by Gasteiger charge is -2.07. The van der Waals surface area contributed by atoms with E-state index < -0.39 is 11.9 Å². The molecule has 2 rings (SSSR count). The lowest BCUT2D eigenvalue weighted by atomic mass is 10.1. The highest BCUT2D eigenvalue weighted by molar-refractivity contribution is 7.09. The van der Waals surface area contributed by atoms with E-state index in [-0.39, 0.29) is 31.3 Å². The minimum absolute atomic E-state index is 0. The topological polar surface area (TPSA) is 68.0 Å². The Kier molecular flexibility index (Phi) is 6.40. The van der Waals surface area contributed by atoms with Crippen LogP contribution in [0.25, 0.3) is 0 Å². The smallest absolute Gasteiger partial charge is 0.399 e. The molecule has 0 atom stereocenters. The summed E-state index contributed by atoms with van der Waals surface area (Å²) in [6.45, 7) is 1.99. The lowest BCUT2D eigenvalue weighted by Crippen LogP contribution is -2.26. The van der Waals surface area contributed by atoms with Crippen molar-refractivity contribution in [1.29, 1.82) is 0 Å². The van der Waals surface area contributed by atoms with E-state index in [1.807, 2.05) is 0 Å². The van der Waals surface area contributed by atoms with Crippen LogP contribution in [-0.4, -0.2) is 17.4 Å². The Hall–Kier alpha value is -1.80. The molecule has 0 spiro atoms. The zero-order chi connectivity index (χ0) is 16.3. The Morgan fingerprint density at radius 1 is 1.39 bits per heavy atom. The number of rotatable bonds is 4. The second-order valence-corrected chi connectivity index (χ2v) is 5.65. The number of aromatic nitrogens is 1. The van der Waals surface area contributed by atoms with E-state index in [0.29, 0.717) is 16.3 Å². The van der Waals surface area contributed by atoms with Gasteiger partial charge in [-0.05, 0) is 24.6 Å². The number of nitrogen functional groups attached to an aromatic ring is 1. The molecule has 0 saturated carbocycles. The van der Waals surface area contributed by atoms with Crippen LogP contribution in [0.15, 0.2) is 23.6 Å². The van der Waals surface area contributed by atoms with Gasteiger partial charge in [0.25, 0.3) is 5.91 Å². The number of alkyl halides is 3. The van der Waals surface area contributed by atoms with Crippen LogP contribution >= 0.6 is 23.7 Å². The quantitative estimate of drug-likeness (QED) is 0.815. The monoisotopic (exact) mass is 365 g/mol. The number of hydrogen-bond acceptors (Lipinski definition) is 4. The summed E-state index contributed by atoms with van der Waals surface area (Å²) in [6, 6.07) is 5.00. The Labute approximate surface area is 141 Å². The van der Waals surface area contributed by atoms with Gasteiger partial charge in [0.1, 0.15) is 0 Å². The van der Waals surface area contributed by atoms with Crippen molar-refractivity contribution in [2.75, 3.05) is 12.3 Å². The first-order valence-corrected chi connectivity index (χ1v) is 7.31. The molecule has 0 radical (unpaired) electrons. The number of aryl methyl sites for hydroxylation is 1. The molecule has 1 aromatic carbocycles. The Balaban J connectivity index is 0.00000264. The van der Waals surface area contributed by atoms with E-state index in [1.54, 1.807) is 25.1 Å². The van der Waals surface area contributed by atoms with Gasteiger partial charge in [-0.25, -0.2) is 4.98 Å². The molecule has 3 N–H and O–H groups in total. The molecule has 2 aromatic rings. The number of nitrogens with zero attached hydrogens (tertiary/aromatic N) is 1. The summed E-state index contributed by atoms with van der Waals surface area (Å²) in [6.07, 6.45) is -4.19. The summed E-state index contributed by atoms with van der Waals surface area (Å²) in [5.74, 6) is -0.308. The van der Waals surface area contributed by atoms with E-state index in [1.165, 1.54) is 0 Å². The molecule has 1 aromatic heterocycles. The second-order valence-electron chi connectivity index (χ2n) is 4.70. The molecular formula is C14H15ClF3N3OS. The highest BCUT2D eigenvalue weighted by Gasteiger charge is 2.33. The number of anilines is 1. The number of amides is 1. The molecule has 0 aliphatic heterocycles. The van der Waals surface area contributed by atoms with Crippen LogP contribution in [0, 0.1) is 6.92 Å². The third-order valence-electron chi connectivity index (χ3n) is 2.97. The van der Waals surface area contributed by atoms with Crippen LogP contribution in [0.4, 0.5) is 18.9 Å².